The number of fused-ring (bicyclic) bond motifs is 1. The molecular formula is C10H14N4O2. The molecular weight excluding hydrogens is 208 g/mol. The Bertz CT molecular complexity index is 438. The molecule has 16 heavy (non-hydrogen) atoms. The second-order valence-corrected chi connectivity index (χ2v) is 4.50. The highest BCUT2D eigenvalue weighted by atomic mass is 16.4. The van der Waals surface area contributed by atoms with E-state index in [1.807, 2.05) is 7.05 Å². The first-order chi connectivity index (χ1) is 7.68. The van der Waals surface area contributed by atoms with Crippen molar-refractivity contribution < 1.29 is 9.90 Å². The molecule has 1 aromatic rings. The summed E-state index contributed by atoms with van der Waals surface area (Å²) in [5.74, 6) is 0.387. The van der Waals surface area contributed by atoms with Crippen molar-refractivity contribution in [1.29, 1.82) is 0 Å². The first-order valence-electron chi connectivity index (χ1n) is 5.47. The van der Waals surface area contributed by atoms with E-state index in [4.69, 9.17) is 5.11 Å². The lowest BCUT2D eigenvalue weighted by molar-refractivity contribution is 0.0691. The van der Waals surface area contributed by atoms with E-state index in [2.05, 4.69) is 20.4 Å². The molecule has 1 unspecified atom stereocenters. The number of aromatic amines is 1. The van der Waals surface area contributed by atoms with Gasteiger partial charge in [0.2, 0.25) is 0 Å². The average molecular weight is 222 g/mol. The zero-order chi connectivity index (χ0) is 11.3. The summed E-state index contributed by atoms with van der Waals surface area (Å²) in [5.41, 5.74) is 0.867. The van der Waals surface area contributed by atoms with Crippen LogP contribution in [0.1, 0.15) is 23.3 Å². The first kappa shape index (κ1) is 9.50. The lowest BCUT2D eigenvalue weighted by atomic mass is 10.1. The molecule has 3 rings (SSSR count). The molecule has 0 aromatic carbocycles. The standard InChI is InChI=1S/C10H14N4O2/c1-14-6(5-2-3-5)4-11-9-8(14)7(10(15)16)12-13-9/h5-6H,2-4H2,1H3,(H,15,16)(H2,11,12,13). The van der Waals surface area contributed by atoms with Gasteiger partial charge in [-0.25, -0.2) is 4.79 Å². The third kappa shape index (κ3) is 1.26. The number of rotatable bonds is 2. The van der Waals surface area contributed by atoms with E-state index in [0.717, 1.165) is 6.54 Å². The Morgan fingerprint density at radius 1 is 1.56 bits per heavy atom. The molecule has 1 aromatic heterocycles. The van der Waals surface area contributed by atoms with Gasteiger partial charge < -0.3 is 15.3 Å². The molecule has 1 fully saturated rings. The fraction of sp³-hybridized carbons (Fsp3) is 0.600. The van der Waals surface area contributed by atoms with Gasteiger partial charge in [-0.15, -0.1) is 0 Å². The molecule has 86 valence electrons. The minimum absolute atomic E-state index is 0.176. The van der Waals surface area contributed by atoms with Crippen molar-refractivity contribution in [2.75, 3.05) is 23.8 Å². The molecule has 6 nitrogen and oxygen atoms in total. The number of aromatic carboxylic acids is 1. The van der Waals surface area contributed by atoms with Crippen LogP contribution in [-0.2, 0) is 0 Å². The fourth-order valence-corrected chi connectivity index (χ4v) is 2.42. The van der Waals surface area contributed by atoms with Crippen LogP contribution >= 0.6 is 0 Å². The summed E-state index contributed by atoms with van der Waals surface area (Å²) in [4.78, 5) is 13.1. The lowest BCUT2D eigenvalue weighted by Gasteiger charge is -2.34. The monoisotopic (exact) mass is 222 g/mol. The van der Waals surface area contributed by atoms with Crippen molar-refractivity contribution in [1.82, 2.24) is 10.2 Å². The van der Waals surface area contributed by atoms with Gasteiger partial charge in [-0.1, -0.05) is 0 Å². The van der Waals surface area contributed by atoms with Crippen LogP contribution in [-0.4, -0.2) is 40.9 Å². The summed E-state index contributed by atoms with van der Waals surface area (Å²) in [7, 11) is 1.95. The van der Waals surface area contributed by atoms with Gasteiger partial charge in [-0.3, -0.25) is 5.10 Å². The van der Waals surface area contributed by atoms with Crippen LogP contribution in [0.2, 0.25) is 0 Å². The average Bonchev–Trinajstić information content (AvgIpc) is 2.97. The molecule has 1 saturated carbocycles. The largest absolute Gasteiger partial charge is 0.476 e. The number of carboxylic acids is 1. The van der Waals surface area contributed by atoms with E-state index in [-0.39, 0.29) is 5.69 Å². The Labute approximate surface area is 92.6 Å². The highest BCUT2D eigenvalue weighted by Crippen LogP contribution is 2.41. The van der Waals surface area contributed by atoms with Crippen molar-refractivity contribution in [3.63, 3.8) is 0 Å². The van der Waals surface area contributed by atoms with E-state index >= 15 is 0 Å². The predicted octanol–water partition coefficient (Wildman–Crippen LogP) is 0.748. The minimum atomic E-state index is -0.959. The number of nitrogens with zero attached hydrogens (tertiary/aromatic N) is 2. The van der Waals surface area contributed by atoms with Gasteiger partial charge in [0.05, 0.1) is 0 Å². The highest BCUT2D eigenvalue weighted by Gasteiger charge is 2.39. The number of likely N-dealkylation sites (N-methyl/N-ethyl adjacent to an activating group) is 1. The number of H-pyrrole nitrogens is 1. The maximum absolute atomic E-state index is 11.0. The number of nitrogens with one attached hydrogen (secondary N) is 2. The Balaban J connectivity index is 1.99. The maximum atomic E-state index is 11.0. The van der Waals surface area contributed by atoms with Crippen molar-refractivity contribution in [3.05, 3.63) is 5.69 Å². The third-order valence-corrected chi connectivity index (χ3v) is 3.45. The number of carboxylic acid groups (broad SMARTS) is 1. The maximum Gasteiger partial charge on any atom is 0.356 e. The molecule has 0 spiro atoms. The summed E-state index contributed by atoms with van der Waals surface area (Å²) < 4.78 is 0. The molecule has 0 radical (unpaired) electrons. The second kappa shape index (κ2) is 3.13. The van der Waals surface area contributed by atoms with Crippen LogP contribution in [0.15, 0.2) is 0 Å². The van der Waals surface area contributed by atoms with Crippen LogP contribution in [0.5, 0.6) is 0 Å². The molecule has 3 N–H and O–H groups in total. The Morgan fingerprint density at radius 3 is 2.94 bits per heavy atom. The van der Waals surface area contributed by atoms with E-state index in [1.165, 1.54) is 12.8 Å². The summed E-state index contributed by atoms with van der Waals surface area (Å²) in [5, 5.41) is 18.8. The molecule has 6 heteroatoms. The van der Waals surface area contributed by atoms with Gasteiger partial charge in [-0.2, -0.15) is 5.10 Å². The third-order valence-electron chi connectivity index (χ3n) is 3.45. The quantitative estimate of drug-likeness (QED) is 0.688. The van der Waals surface area contributed by atoms with Gasteiger partial charge in [-0.05, 0) is 18.8 Å². The van der Waals surface area contributed by atoms with Crippen LogP contribution in [0.3, 0.4) is 0 Å². The topological polar surface area (TPSA) is 81.2 Å². The van der Waals surface area contributed by atoms with Crippen LogP contribution in [0.4, 0.5) is 11.5 Å². The summed E-state index contributed by atoms with van der Waals surface area (Å²) in [6, 6.07) is 0.392. The molecule has 0 amide bonds. The Morgan fingerprint density at radius 2 is 2.31 bits per heavy atom. The molecule has 0 saturated heterocycles. The van der Waals surface area contributed by atoms with Crippen LogP contribution < -0.4 is 10.2 Å². The number of hydrogen-bond acceptors (Lipinski definition) is 4. The number of anilines is 2. The molecule has 1 aliphatic carbocycles. The van der Waals surface area contributed by atoms with Crippen molar-refractivity contribution in [3.8, 4) is 0 Å². The van der Waals surface area contributed by atoms with Gasteiger partial charge in [0.25, 0.3) is 0 Å². The van der Waals surface area contributed by atoms with Gasteiger partial charge in [0.1, 0.15) is 5.69 Å². The van der Waals surface area contributed by atoms with Gasteiger partial charge in [0, 0.05) is 19.6 Å². The van der Waals surface area contributed by atoms with E-state index in [0.29, 0.717) is 23.5 Å². The number of hydrogen-bond donors (Lipinski definition) is 3. The van der Waals surface area contributed by atoms with Crippen LogP contribution in [0, 0.1) is 5.92 Å². The molecule has 1 aliphatic heterocycles. The zero-order valence-electron chi connectivity index (χ0n) is 9.03. The van der Waals surface area contributed by atoms with Crippen molar-refractivity contribution >= 4 is 17.5 Å². The van der Waals surface area contributed by atoms with E-state index < -0.39 is 5.97 Å². The molecule has 0 bridgehead atoms. The fourth-order valence-electron chi connectivity index (χ4n) is 2.42. The molecule has 2 aliphatic rings. The van der Waals surface area contributed by atoms with E-state index in [1.54, 1.807) is 0 Å². The summed E-state index contributed by atoms with van der Waals surface area (Å²) in [6.07, 6.45) is 2.48. The zero-order valence-corrected chi connectivity index (χ0v) is 9.03. The van der Waals surface area contributed by atoms with Crippen molar-refractivity contribution in [2.45, 2.75) is 18.9 Å². The Kier molecular flexibility index (Phi) is 1.86. The van der Waals surface area contributed by atoms with Crippen molar-refractivity contribution in [2.24, 2.45) is 5.92 Å². The molecule has 2 heterocycles. The lowest BCUT2D eigenvalue weighted by Crippen LogP contribution is -2.43. The smallest absolute Gasteiger partial charge is 0.356 e. The first-order valence-corrected chi connectivity index (χ1v) is 5.47. The SMILES string of the molecule is CN1c2c(n[nH]c2C(=O)O)NCC1C1CC1. The molecule has 1 atom stereocenters. The summed E-state index contributed by atoms with van der Waals surface area (Å²) in [6.45, 7) is 0.845. The normalized spacial score (nSPS) is 23.8. The summed E-state index contributed by atoms with van der Waals surface area (Å²) >= 11 is 0. The van der Waals surface area contributed by atoms with Crippen LogP contribution in [0.25, 0.3) is 0 Å². The highest BCUT2D eigenvalue weighted by molar-refractivity contribution is 5.96. The van der Waals surface area contributed by atoms with E-state index in [9.17, 15) is 4.79 Å². The predicted molar refractivity (Wildman–Crippen MR) is 59.0 cm³/mol. The minimum Gasteiger partial charge on any atom is -0.476 e. The second-order valence-electron chi connectivity index (χ2n) is 4.50. The Hall–Kier alpha value is -1.72. The number of aromatic nitrogens is 2. The number of carbonyl (C=O) groups is 1. The van der Waals surface area contributed by atoms with Gasteiger partial charge >= 0.3 is 5.97 Å². The van der Waals surface area contributed by atoms with Gasteiger partial charge in [0.15, 0.2) is 11.5 Å².